The van der Waals surface area contributed by atoms with Gasteiger partial charge in [-0.1, -0.05) is 6.92 Å². The molecule has 1 nitrogen and oxygen atoms in total. The van der Waals surface area contributed by atoms with Crippen molar-refractivity contribution in [3.05, 3.63) is 0 Å². The zero-order valence-corrected chi connectivity index (χ0v) is 20.5. The van der Waals surface area contributed by atoms with Gasteiger partial charge in [0.2, 0.25) is 0 Å². The first-order chi connectivity index (χ1) is 8.16. The molecular formula is C12H26NRbS4. The third-order valence-corrected chi connectivity index (χ3v) is 6.31. The van der Waals surface area contributed by atoms with Crippen molar-refractivity contribution in [2.75, 3.05) is 55.2 Å². The van der Waals surface area contributed by atoms with Gasteiger partial charge in [0.15, 0.2) is 0 Å². The van der Waals surface area contributed by atoms with Crippen LogP contribution in [0.15, 0.2) is 0 Å². The summed E-state index contributed by atoms with van der Waals surface area (Å²) in [5, 5.41) is 0.403. The maximum Gasteiger partial charge on any atom is 1.00 e. The first-order valence-corrected chi connectivity index (χ1v) is 10.1. The summed E-state index contributed by atoms with van der Waals surface area (Å²) in [4.78, 5) is 2.18. The molecule has 0 aromatic carbocycles. The van der Waals surface area contributed by atoms with Gasteiger partial charge < -0.3 is 17.5 Å². The van der Waals surface area contributed by atoms with E-state index in [4.69, 9.17) is 12.6 Å². The van der Waals surface area contributed by atoms with Crippen LogP contribution in [0.2, 0.25) is 0 Å². The summed E-state index contributed by atoms with van der Waals surface area (Å²) in [6.07, 6.45) is 1.30. The van der Waals surface area contributed by atoms with Crippen molar-refractivity contribution in [1.82, 2.24) is 4.90 Å². The van der Waals surface area contributed by atoms with Crippen molar-refractivity contribution in [2.45, 2.75) is 18.6 Å². The van der Waals surface area contributed by atoms with Crippen LogP contribution >= 0.6 is 35.3 Å². The minimum absolute atomic E-state index is 0. The Morgan fingerprint density at radius 2 is 1.44 bits per heavy atom. The summed E-state index contributed by atoms with van der Waals surface area (Å²) >= 11 is 11.6. The van der Waals surface area contributed by atoms with Gasteiger partial charge in [0.1, 0.15) is 0 Å². The van der Waals surface area contributed by atoms with Crippen LogP contribution in [0.1, 0.15) is 13.3 Å². The monoisotopic (exact) mass is 397 g/mol. The molecule has 0 aliphatic carbocycles. The standard InChI is InChI=1S/C12H27NS4.Rb/c1-4-5-15-6-7-16-8-9-17-11-12(14)10-13(2)3;/h12,14H,4-11H2,1-3H3;/q;+1/p-1. The summed E-state index contributed by atoms with van der Waals surface area (Å²) in [7, 11) is 4.18. The summed E-state index contributed by atoms with van der Waals surface area (Å²) in [6.45, 7) is 3.28. The SMILES string of the molecule is CCCSCCSCCSCC([S-])CN(C)C.[Rb+]. The third-order valence-electron chi connectivity index (χ3n) is 1.97. The molecular weight excluding hydrogens is 372 g/mol. The Morgan fingerprint density at radius 3 is 1.94 bits per heavy atom. The van der Waals surface area contributed by atoms with Crippen molar-refractivity contribution in [3.63, 3.8) is 0 Å². The molecule has 0 fully saturated rings. The minimum atomic E-state index is 0. The molecule has 0 heterocycles. The van der Waals surface area contributed by atoms with Gasteiger partial charge in [-0.05, 0) is 38.6 Å². The molecule has 0 bridgehead atoms. The van der Waals surface area contributed by atoms with E-state index in [0.717, 1.165) is 12.3 Å². The molecule has 0 N–H and O–H groups in total. The molecule has 0 spiro atoms. The molecule has 0 radical (unpaired) electrons. The van der Waals surface area contributed by atoms with Gasteiger partial charge in [0, 0.05) is 23.0 Å². The van der Waals surface area contributed by atoms with Crippen LogP contribution in [-0.4, -0.2) is 65.3 Å². The number of rotatable bonds is 12. The predicted octanol–water partition coefficient (Wildman–Crippen LogP) is 0.0771. The van der Waals surface area contributed by atoms with Gasteiger partial charge >= 0.3 is 58.2 Å². The topological polar surface area (TPSA) is 3.24 Å². The number of nitrogens with zero attached hydrogens (tertiary/aromatic N) is 1. The second-order valence-corrected chi connectivity index (χ2v) is 8.45. The predicted molar refractivity (Wildman–Crippen MR) is 92.0 cm³/mol. The molecule has 1 atom stereocenters. The van der Waals surface area contributed by atoms with Crippen molar-refractivity contribution in [1.29, 1.82) is 0 Å². The first kappa shape index (κ1) is 23.4. The van der Waals surface area contributed by atoms with E-state index in [2.05, 4.69) is 49.4 Å². The van der Waals surface area contributed by atoms with Gasteiger partial charge in [-0.15, -0.1) is 5.25 Å². The molecule has 0 amide bonds. The molecule has 0 aromatic rings. The minimum Gasteiger partial charge on any atom is -0.787 e. The smallest absolute Gasteiger partial charge is 0.787 e. The van der Waals surface area contributed by atoms with Gasteiger partial charge in [0.05, 0.1) is 0 Å². The van der Waals surface area contributed by atoms with Crippen molar-refractivity contribution in [2.24, 2.45) is 0 Å². The van der Waals surface area contributed by atoms with Crippen LogP contribution in [0, 0.1) is 0 Å². The van der Waals surface area contributed by atoms with Crippen LogP contribution in [0.25, 0.3) is 0 Å². The van der Waals surface area contributed by atoms with Crippen LogP contribution in [0.3, 0.4) is 0 Å². The normalized spacial score (nSPS) is 12.5. The van der Waals surface area contributed by atoms with E-state index >= 15 is 0 Å². The van der Waals surface area contributed by atoms with E-state index in [1.54, 1.807) is 0 Å². The maximum absolute atomic E-state index is 5.39. The molecule has 104 valence electrons. The molecule has 0 aromatic heterocycles. The van der Waals surface area contributed by atoms with Crippen LogP contribution in [0.4, 0.5) is 0 Å². The fourth-order valence-electron chi connectivity index (χ4n) is 1.26. The maximum atomic E-state index is 5.39. The van der Waals surface area contributed by atoms with Crippen LogP contribution < -0.4 is 58.2 Å². The molecule has 0 aliphatic heterocycles. The molecule has 0 saturated heterocycles. The summed E-state index contributed by atoms with van der Waals surface area (Å²) in [5.74, 6) is 7.59. The summed E-state index contributed by atoms with van der Waals surface area (Å²) in [5.41, 5.74) is 0. The average molecular weight is 398 g/mol. The zero-order valence-electron chi connectivity index (χ0n) is 12.3. The fraction of sp³-hybridized carbons (Fsp3) is 1.00. The largest absolute Gasteiger partial charge is 1.00 e. The summed E-state index contributed by atoms with van der Waals surface area (Å²) < 4.78 is 0. The van der Waals surface area contributed by atoms with E-state index in [1.807, 2.05) is 11.8 Å². The zero-order chi connectivity index (χ0) is 12.9. The molecule has 0 aliphatic rings. The van der Waals surface area contributed by atoms with Gasteiger partial charge in [-0.3, -0.25) is 0 Å². The van der Waals surface area contributed by atoms with Gasteiger partial charge in [-0.2, -0.15) is 35.3 Å². The van der Waals surface area contributed by atoms with E-state index < -0.39 is 0 Å². The third kappa shape index (κ3) is 19.2. The average Bonchev–Trinajstić information content (AvgIpc) is 2.26. The molecule has 18 heavy (non-hydrogen) atoms. The Labute approximate surface area is 181 Å². The van der Waals surface area contributed by atoms with Crippen LogP contribution in [0.5, 0.6) is 0 Å². The molecule has 0 rings (SSSR count). The Bertz CT molecular complexity index is 161. The summed E-state index contributed by atoms with van der Waals surface area (Å²) in [6, 6.07) is 0. The van der Waals surface area contributed by atoms with E-state index in [0.29, 0.717) is 5.25 Å². The van der Waals surface area contributed by atoms with Crippen LogP contribution in [-0.2, 0) is 12.6 Å². The number of hydrogen-bond donors (Lipinski definition) is 0. The van der Waals surface area contributed by atoms with Gasteiger partial charge in [-0.25, -0.2) is 0 Å². The second-order valence-electron chi connectivity index (χ2n) is 4.18. The van der Waals surface area contributed by atoms with Crippen molar-refractivity contribution < 1.29 is 58.2 Å². The Hall–Kier alpha value is 3.17. The quantitative estimate of drug-likeness (QED) is 0.338. The molecule has 0 saturated carbocycles. The Balaban J connectivity index is 0. The van der Waals surface area contributed by atoms with E-state index in [1.165, 1.54) is 35.2 Å². The van der Waals surface area contributed by atoms with Crippen molar-refractivity contribution in [3.8, 4) is 0 Å². The Kier molecular flexibility index (Phi) is 23.7. The van der Waals surface area contributed by atoms with E-state index in [-0.39, 0.29) is 58.2 Å². The molecule has 1 unspecified atom stereocenters. The first-order valence-electron chi connectivity index (χ1n) is 6.20. The molecule has 6 heteroatoms. The second kappa shape index (κ2) is 18.2. The fourth-order valence-corrected chi connectivity index (χ4v) is 4.96. The number of hydrogen-bond acceptors (Lipinski definition) is 5. The van der Waals surface area contributed by atoms with E-state index in [9.17, 15) is 0 Å². The number of thioether (sulfide) groups is 3. The van der Waals surface area contributed by atoms with Gasteiger partial charge in [0.25, 0.3) is 0 Å². The van der Waals surface area contributed by atoms with Crippen molar-refractivity contribution >= 4 is 47.9 Å². The Morgan fingerprint density at radius 1 is 0.944 bits per heavy atom.